The Kier molecular flexibility index (Phi) is 4.76. The fourth-order valence-corrected chi connectivity index (χ4v) is 3.75. The van der Waals surface area contributed by atoms with Crippen LogP contribution in [0.15, 0.2) is 60.2 Å². The van der Waals surface area contributed by atoms with E-state index in [1.807, 2.05) is 0 Å². The molecule has 0 aliphatic carbocycles. The lowest BCUT2D eigenvalue weighted by Crippen LogP contribution is -2.16. The summed E-state index contributed by atoms with van der Waals surface area (Å²) >= 11 is 12.0. The van der Waals surface area contributed by atoms with Crippen molar-refractivity contribution in [2.75, 3.05) is 0 Å². The van der Waals surface area contributed by atoms with Gasteiger partial charge in [-0.3, -0.25) is 4.79 Å². The van der Waals surface area contributed by atoms with Crippen molar-refractivity contribution < 1.29 is 23.5 Å². The van der Waals surface area contributed by atoms with Crippen LogP contribution in [0, 0.1) is 0 Å². The van der Waals surface area contributed by atoms with Crippen LogP contribution in [0.3, 0.4) is 0 Å². The Bertz CT molecular complexity index is 1040. The van der Waals surface area contributed by atoms with Crippen LogP contribution in [0.1, 0.15) is 18.6 Å². The summed E-state index contributed by atoms with van der Waals surface area (Å²) < 4.78 is 42.9. The van der Waals surface area contributed by atoms with Gasteiger partial charge in [0.25, 0.3) is 0 Å². The molecule has 0 aromatic heterocycles. The first-order valence-corrected chi connectivity index (χ1v) is 9.61. The summed E-state index contributed by atoms with van der Waals surface area (Å²) in [4.78, 5) is 12.7. The van der Waals surface area contributed by atoms with Crippen molar-refractivity contribution in [1.29, 1.82) is 0 Å². The molecule has 0 spiro atoms. The zero-order valence-electron chi connectivity index (χ0n) is 14.1. The molecule has 2 N–H and O–H groups in total. The van der Waals surface area contributed by atoms with Gasteiger partial charge in [-0.1, -0.05) is 65.7 Å². The molecule has 26 heavy (non-hydrogen) atoms. The van der Waals surface area contributed by atoms with Crippen LogP contribution in [-0.4, -0.2) is 14.2 Å². The lowest BCUT2D eigenvalue weighted by atomic mass is 10.1. The minimum absolute atomic E-state index is 0.0799. The van der Waals surface area contributed by atoms with E-state index in [0.717, 1.165) is 0 Å². The Hall–Kier alpha value is -2.22. The summed E-state index contributed by atoms with van der Waals surface area (Å²) in [5.41, 5.74) is 6.00. The first-order valence-electron chi connectivity index (χ1n) is 7.78. The monoisotopic (exact) mass is 414 g/mol. The van der Waals surface area contributed by atoms with Gasteiger partial charge in [0.05, 0.1) is 11.4 Å². The highest BCUT2D eigenvalue weighted by Gasteiger charge is 2.40. The smallest absolute Gasteiger partial charge is 0.313 e. The highest BCUT2D eigenvalue weighted by atomic mass is 35.5. The molecule has 1 atom stereocenters. The number of rotatable bonds is 5. The minimum Gasteiger partial charge on any atom is -0.460 e. The molecule has 2 aromatic carbocycles. The van der Waals surface area contributed by atoms with E-state index in [9.17, 15) is 13.2 Å². The van der Waals surface area contributed by atoms with Gasteiger partial charge in [-0.25, -0.2) is 0 Å². The number of ether oxygens (including phenoxy) is 1. The molecule has 6 nitrogen and oxygen atoms in total. The maximum atomic E-state index is 12.7. The topological polar surface area (TPSA) is 95.7 Å². The van der Waals surface area contributed by atoms with Crippen molar-refractivity contribution in [2.45, 2.75) is 11.8 Å². The number of hydrogen-bond donors (Lipinski definition) is 1. The molecular weight excluding hydrogens is 401 g/mol. The van der Waals surface area contributed by atoms with E-state index in [2.05, 4.69) is 0 Å². The lowest BCUT2D eigenvalue weighted by molar-refractivity contribution is -0.123. The molecule has 0 unspecified atom stereocenters. The summed E-state index contributed by atoms with van der Waals surface area (Å²) in [6.07, 6.45) is -2.40. The summed E-state index contributed by atoms with van der Waals surface area (Å²) in [6, 6.07) is 12.5. The van der Waals surface area contributed by atoms with E-state index in [4.69, 9.17) is 39.2 Å². The number of carbonyl (C=O) groups is 1. The average molecular weight is 415 g/mol. The van der Waals surface area contributed by atoms with E-state index in [1.165, 1.54) is 18.2 Å². The van der Waals surface area contributed by atoms with Crippen molar-refractivity contribution in [3.8, 4) is 0 Å². The second-order valence-corrected chi connectivity index (χ2v) is 7.68. The van der Waals surface area contributed by atoms with Crippen LogP contribution >= 0.6 is 23.2 Å². The van der Waals surface area contributed by atoms with Crippen LogP contribution in [0.5, 0.6) is 0 Å². The molecule has 1 aliphatic heterocycles. The summed E-state index contributed by atoms with van der Waals surface area (Å²) in [5, 5.41) is 0.0190. The third-order valence-electron chi connectivity index (χ3n) is 3.44. The highest BCUT2D eigenvalue weighted by Crippen LogP contribution is 2.38. The van der Waals surface area contributed by atoms with Gasteiger partial charge in [-0.2, -0.15) is 8.42 Å². The Morgan fingerprint density at radius 1 is 1.15 bits per heavy atom. The zero-order chi connectivity index (χ0) is 19.8. The number of Topliss-reactive ketones (excluding diaryl/α,β-unsaturated/α-hetero) is 1. The quantitative estimate of drug-likeness (QED) is 0.753. The summed E-state index contributed by atoms with van der Waals surface area (Å²) in [6.45, 7) is 0. The van der Waals surface area contributed by atoms with Gasteiger partial charge < -0.3 is 14.7 Å². The van der Waals surface area contributed by atoms with Crippen molar-refractivity contribution >= 4 is 39.1 Å². The Labute approximate surface area is 161 Å². The van der Waals surface area contributed by atoms with Gasteiger partial charge in [0.1, 0.15) is 5.75 Å². The fourth-order valence-electron chi connectivity index (χ4n) is 2.29. The number of hydrogen-bond acceptors (Lipinski definition) is 6. The molecular formula is C17H13Cl2NO5S. The third kappa shape index (κ3) is 3.80. The standard InChI is InChI=1S/C17H13Cl2NO5S/c18-12-8-4-7-11(13(12)19)15-14(21)16(17(20)24-15)25-26(22,23)9-10-5-2-1-3-6-10/h1-8,15H,9,20H2/t15-/m1/s1/i15D. The molecule has 0 saturated heterocycles. The molecule has 0 saturated carbocycles. The molecule has 0 fully saturated rings. The molecule has 1 aliphatic rings. The van der Waals surface area contributed by atoms with Crippen molar-refractivity contribution in [1.82, 2.24) is 0 Å². The van der Waals surface area contributed by atoms with Gasteiger partial charge in [0.2, 0.25) is 17.4 Å². The molecule has 3 rings (SSSR count). The normalized spacial score (nSPS) is 20.7. The maximum absolute atomic E-state index is 12.7. The molecule has 1 heterocycles. The predicted octanol–water partition coefficient (Wildman–Crippen LogP) is 3.31. The predicted molar refractivity (Wildman–Crippen MR) is 96.7 cm³/mol. The highest BCUT2D eigenvalue weighted by molar-refractivity contribution is 7.86. The molecule has 0 radical (unpaired) electrons. The number of nitrogens with two attached hydrogens (primary N) is 1. The van der Waals surface area contributed by atoms with Crippen molar-refractivity contribution in [2.24, 2.45) is 5.73 Å². The second kappa shape index (κ2) is 7.19. The molecule has 2 aromatic rings. The minimum atomic E-state index is -4.22. The molecule has 0 bridgehead atoms. The van der Waals surface area contributed by atoms with Gasteiger partial charge in [-0.15, -0.1) is 0 Å². The van der Waals surface area contributed by atoms with E-state index in [-0.39, 0.29) is 15.6 Å². The number of ketones is 1. The SMILES string of the molecule is [2H][C@]1(c2cccc(Cl)c2Cl)OC(N)=C(OS(=O)(=O)Cc2ccccc2)C1=O. The van der Waals surface area contributed by atoms with Crippen molar-refractivity contribution in [3.63, 3.8) is 0 Å². The van der Waals surface area contributed by atoms with Gasteiger partial charge >= 0.3 is 10.1 Å². The zero-order valence-corrected chi connectivity index (χ0v) is 15.4. The van der Waals surface area contributed by atoms with Crippen molar-refractivity contribution in [3.05, 3.63) is 81.3 Å². The first kappa shape index (κ1) is 17.2. The fraction of sp³-hybridized carbons (Fsp3) is 0.118. The molecule has 9 heteroatoms. The number of halogens is 2. The van der Waals surface area contributed by atoms with E-state index in [0.29, 0.717) is 5.56 Å². The Balaban J connectivity index is 1.88. The van der Waals surface area contributed by atoms with E-state index < -0.39 is 39.4 Å². The van der Waals surface area contributed by atoms with Gasteiger partial charge in [0.15, 0.2) is 6.08 Å². The largest absolute Gasteiger partial charge is 0.460 e. The van der Waals surface area contributed by atoms with Crippen LogP contribution in [0.4, 0.5) is 0 Å². The average Bonchev–Trinajstić information content (AvgIpc) is 2.81. The number of benzene rings is 2. The van der Waals surface area contributed by atoms with Gasteiger partial charge in [-0.05, 0) is 11.6 Å². The van der Waals surface area contributed by atoms with Crippen LogP contribution in [0.2, 0.25) is 10.0 Å². The summed E-state index contributed by atoms with van der Waals surface area (Å²) in [7, 11) is -4.22. The van der Waals surface area contributed by atoms with E-state index in [1.54, 1.807) is 30.3 Å². The van der Waals surface area contributed by atoms with Gasteiger partial charge in [0, 0.05) is 5.56 Å². The Morgan fingerprint density at radius 2 is 1.85 bits per heavy atom. The maximum Gasteiger partial charge on any atom is 0.313 e. The molecule has 136 valence electrons. The van der Waals surface area contributed by atoms with E-state index >= 15 is 0 Å². The summed E-state index contributed by atoms with van der Waals surface area (Å²) in [5.74, 6) is -2.97. The third-order valence-corrected chi connectivity index (χ3v) is 5.37. The Morgan fingerprint density at radius 3 is 2.54 bits per heavy atom. The first-order chi connectivity index (χ1) is 12.6. The van der Waals surface area contributed by atoms with Crippen LogP contribution < -0.4 is 5.73 Å². The lowest BCUT2D eigenvalue weighted by Gasteiger charge is -2.12. The second-order valence-electron chi connectivity index (χ2n) is 5.33. The molecule has 0 amide bonds. The number of carbonyl (C=O) groups excluding carboxylic acids is 1. The van der Waals surface area contributed by atoms with Crippen LogP contribution in [0.25, 0.3) is 0 Å². The van der Waals surface area contributed by atoms with Crippen LogP contribution in [-0.2, 0) is 29.6 Å².